The van der Waals surface area contributed by atoms with Gasteiger partial charge in [-0.3, -0.25) is 5.43 Å². The van der Waals surface area contributed by atoms with Gasteiger partial charge in [0.1, 0.15) is 5.82 Å². The van der Waals surface area contributed by atoms with Gasteiger partial charge in [-0.15, -0.1) is 0 Å². The zero-order valence-corrected chi connectivity index (χ0v) is 10.2. The van der Waals surface area contributed by atoms with Crippen molar-refractivity contribution in [2.45, 2.75) is 38.8 Å². The lowest BCUT2D eigenvalue weighted by Crippen LogP contribution is -2.31. The highest BCUT2D eigenvalue weighted by atomic mass is 16.5. The van der Waals surface area contributed by atoms with Gasteiger partial charge in [0.25, 0.3) is 0 Å². The summed E-state index contributed by atoms with van der Waals surface area (Å²) in [7, 11) is 0. The van der Waals surface area contributed by atoms with Crippen molar-refractivity contribution in [1.29, 1.82) is 0 Å². The van der Waals surface area contributed by atoms with Gasteiger partial charge < -0.3 is 10.1 Å². The van der Waals surface area contributed by atoms with Crippen LogP contribution in [-0.4, -0.2) is 28.7 Å². The molecule has 2 heterocycles. The van der Waals surface area contributed by atoms with Gasteiger partial charge in [0, 0.05) is 18.4 Å². The Morgan fingerprint density at radius 2 is 2.41 bits per heavy atom. The third kappa shape index (κ3) is 2.83. The van der Waals surface area contributed by atoms with Gasteiger partial charge in [-0.1, -0.05) is 0 Å². The molecular weight excluding hydrogens is 218 g/mol. The number of anilines is 2. The number of nitrogen functional groups attached to an aromatic ring is 1. The molecule has 1 aliphatic heterocycles. The fourth-order valence-corrected chi connectivity index (χ4v) is 1.96. The van der Waals surface area contributed by atoms with Crippen LogP contribution in [0.2, 0.25) is 0 Å². The molecule has 1 fully saturated rings. The Kier molecular flexibility index (Phi) is 3.75. The Hall–Kier alpha value is -1.40. The molecule has 0 aromatic carbocycles. The van der Waals surface area contributed by atoms with Crippen LogP contribution in [0.4, 0.5) is 11.8 Å². The Balaban J connectivity index is 2.06. The number of nitrogens with two attached hydrogens (primary N) is 1. The molecule has 2 atom stereocenters. The van der Waals surface area contributed by atoms with E-state index in [9.17, 15) is 0 Å². The minimum Gasteiger partial charge on any atom is -0.376 e. The molecule has 2 unspecified atom stereocenters. The van der Waals surface area contributed by atoms with E-state index < -0.39 is 0 Å². The first-order valence-corrected chi connectivity index (χ1v) is 5.89. The average molecular weight is 237 g/mol. The standard InChI is InChI=1S/C11H19N5O/c1-7-6-13-11(16-12)15-10(7)14-8(2)9-4-3-5-17-9/h6,8-9H,3-5,12H2,1-2H3,(H2,13,14,15,16). The summed E-state index contributed by atoms with van der Waals surface area (Å²) in [6.07, 6.45) is 4.24. The van der Waals surface area contributed by atoms with Crippen molar-refractivity contribution < 1.29 is 4.74 Å². The molecule has 0 aliphatic carbocycles. The number of hydrogen-bond donors (Lipinski definition) is 3. The van der Waals surface area contributed by atoms with Crippen LogP contribution < -0.4 is 16.6 Å². The van der Waals surface area contributed by atoms with E-state index in [1.165, 1.54) is 0 Å². The van der Waals surface area contributed by atoms with E-state index in [-0.39, 0.29) is 12.1 Å². The summed E-state index contributed by atoms with van der Waals surface area (Å²) in [6.45, 7) is 4.92. The number of rotatable bonds is 4. The fourth-order valence-electron chi connectivity index (χ4n) is 1.96. The molecule has 1 aromatic heterocycles. The minimum absolute atomic E-state index is 0.233. The van der Waals surface area contributed by atoms with E-state index >= 15 is 0 Å². The van der Waals surface area contributed by atoms with Crippen LogP contribution in [0.3, 0.4) is 0 Å². The van der Waals surface area contributed by atoms with E-state index in [1.807, 2.05) is 6.92 Å². The lowest BCUT2D eigenvalue weighted by Gasteiger charge is -2.21. The van der Waals surface area contributed by atoms with Crippen LogP contribution in [0.1, 0.15) is 25.3 Å². The summed E-state index contributed by atoms with van der Waals surface area (Å²) >= 11 is 0. The summed E-state index contributed by atoms with van der Waals surface area (Å²) in [5.41, 5.74) is 3.44. The van der Waals surface area contributed by atoms with Crippen LogP contribution in [0.25, 0.3) is 0 Å². The predicted molar refractivity (Wildman–Crippen MR) is 66.6 cm³/mol. The summed E-state index contributed by atoms with van der Waals surface area (Å²) in [5.74, 6) is 6.51. The van der Waals surface area contributed by atoms with Crippen molar-refractivity contribution in [2.24, 2.45) is 5.84 Å². The normalized spacial score (nSPS) is 21.2. The van der Waals surface area contributed by atoms with Crippen molar-refractivity contribution in [1.82, 2.24) is 9.97 Å². The summed E-state index contributed by atoms with van der Waals surface area (Å²) in [4.78, 5) is 8.33. The van der Waals surface area contributed by atoms with Crippen molar-refractivity contribution in [3.8, 4) is 0 Å². The Morgan fingerprint density at radius 1 is 1.59 bits per heavy atom. The number of nitrogens with zero attached hydrogens (tertiary/aromatic N) is 2. The number of ether oxygens (including phenoxy) is 1. The van der Waals surface area contributed by atoms with Crippen molar-refractivity contribution in [3.05, 3.63) is 11.8 Å². The minimum atomic E-state index is 0.233. The molecule has 1 saturated heterocycles. The molecule has 0 bridgehead atoms. The molecule has 6 heteroatoms. The van der Waals surface area contributed by atoms with Crippen LogP contribution in [0.15, 0.2) is 6.20 Å². The quantitative estimate of drug-likeness (QED) is 0.536. The van der Waals surface area contributed by atoms with E-state index in [0.717, 1.165) is 30.8 Å². The van der Waals surface area contributed by atoms with Crippen LogP contribution in [0, 0.1) is 6.92 Å². The third-order valence-corrected chi connectivity index (χ3v) is 2.99. The van der Waals surface area contributed by atoms with E-state index in [1.54, 1.807) is 6.20 Å². The SMILES string of the molecule is Cc1cnc(NN)nc1NC(C)C1CCCO1. The maximum Gasteiger partial charge on any atom is 0.239 e. The maximum absolute atomic E-state index is 5.64. The number of aromatic nitrogens is 2. The molecule has 0 saturated carbocycles. The van der Waals surface area contributed by atoms with E-state index in [4.69, 9.17) is 10.6 Å². The van der Waals surface area contributed by atoms with E-state index in [0.29, 0.717) is 5.95 Å². The smallest absolute Gasteiger partial charge is 0.239 e. The van der Waals surface area contributed by atoms with Gasteiger partial charge in [-0.25, -0.2) is 10.8 Å². The molecule has 0 spiro atoms. The predicted octanol–water partition coefficient (Wildman–Crippen LogP) is 1.05. The number of aryl methyl sites for hydroxylation is 1. The molecule has 2 rings (SSSR count). The topological polar surface area (TPSA) is 85.1 Å². The largest absolute Gasteiger partial charge is 0.376 e. The lowest BCUT2D eigenvalue weighted by molar-refractivity contribution is 0.0995. The molecule has 0 radical (unpaired) electrons. The van der Waals surface area contributed by atoms with Gasteiger partial charge in [-0.2, -0.15) is 4.98 Å². The average Bonchev–Trinajstić information content (AvgIpc) is 2.85. The maximum atomic E-state index is 5.64. The van der Waals surface area contributed by atoms with Crippen LogP contribution >= 0.6 is 0 Å². The van der Waals surface area contributed by atoms with Gasteiger partial charge in [0.05, 0.1) is 12.1 Å². The van der Waals surface area contributed by atoms with Gasteiger partial charge in [0.15, 0.2) is 0 Å². The molecule has 4 N–H and O–H groups in total. The van der Waals surface area contributed by atoms with Crippen LogP contribution in [0.5, 0.6) is 0 Å². The summed E-state index contributed by atoms with van der Waals surface area (Å²) in [5, 5.41) is 3.36. The molecule has 6 nitrogen and oxygen atoms in total. The van der Waals surface area contributed by atoms with Crippen molar-refractivity contribution in [2.75, 3.05) is 17.3 Å². The highest BCUT2D eigenvalue weighted by Crippen LogP contribution is 2.20. The lowest BCUT2D eigenvalue weighted by atomic mass is 10.1. The summed E-state index contributed by atoms with van der Waals surface area (Å²) < 4.78 is 5.64. The highest BCUT2D eigenvalue weighted by Gasteiger charge is 2.22. The first-order valence-electron chi connectivity index (χ1n) is 5.89. The molecule has 0 amide bonds. The summed E-state index contributed by atoms with van der Waals surface area (Å²) in [6, 6.07) is 0.233. The number of hydrazine groups is 1. The Labute approximate surface area is 101 Å². The first kappa shape index (κ1) is 12.1. The van der Waals surface area contributed by atoms with Gasteiger partial charge in [0.2, 0.25) is 5.95 Å². The number of hydrogen-bond acceptors (Lipinski definition) is 6. The Morgan fingerprint density at radius 3 is 3.06 bits per heavy atom. The Bertz CT molecular complexity index is 378. The van der Waals surface area contributed by atoms with Gasteiger partial charge >= 0.3 is 0 Å². The fraction of sp³-hybridized carbons (Fsp3) is 0.636. The zero-order valence-electron chi connectivity index (χ0n) is 10.2. The third-order valence-electron chi connectivity index (χ3n) is 2.99. The highest BCUT2D eigenvalue weighted by molar-refractivity contribution is 5.46. The molecule has 1 aliphatic rings. The molecule has 1 aromatic rings. The first-order chi connectivity index (χ1) is 8.20. The second-order valence-corrected chi connectivity index (χ2v) is 4.35. The molecular formula is C11H19N5O. The van der Waals surface area contributed by atoms with Crippen molar-refractivity contribution in [3.63, 3.8) is 0 Å². The zero-order chi connectivity index (χ0) is 12.3. The monoisotopic (exact) mass is 237 g/mol. The molecule has 17 heavy (non-hydrogen) atoms. The van der Waals surface area contributed by atoms with Crippen molar-refractivity contribution >= 4 is 11.8 Å². The van der Waals surface area contributed by atoms with E-state index in [2.05, 4.69) is 27.6 Å². The van der Waals surface area contributed by atoms with Gasteiger partial charge in [-0.05, 0) is 26.7 Å². The second kappa shape index (κ2) is 5.29. The second-order valence-electron chi connectivity index (χ2n) is 4.35. The molecule has 94 valence electrons. The van der Waals surface area contributed by atoms with Crippen LogP contribution in [-0.2, 0) is 4.74 Å². The number of nitrogens with one attached hydrogen (secondary N) is 2.